The summed E-state index contributed by atoms with van der Waals surface area (Å²) >= 11 is 0. The molecule has 6 nitrogen and oxygen atoms in total. The zero-order valence-corrected chi connectivity index (χ0v) is 29.2. The molecule has 0 N–H and O–H groups in total. The van der Waals surface area contributed by atoms with Crippen LogP contribution < -0.4 is 10.4 Å². The number of benzene rings is 2. The van der Waals surface area contributed by atoms with Crippen LogP contribution in [-0.4, -0.2) is 51.8 Å². The molecule has 1 saturated heterocycles. The second kappa shape index (κ2) is 11.5. The highest BCUT2D eigenvalue weighted by Crippen LogP contribution is 2.66. The molecule has 1 spiro atoms. The second-order valence-electron chi connectivity index (χ2n) is 15.9. The van der Waals surface area contributed by atoms with E-state index in [1.807, 2.05) is 6.08 Å². The van der Waals surface area contributed by atoms with Gasteiger partial charge in [0.05, 0.1) is 13.2 Å². The van der Waals surface area contributed by atoms with Gasteiger partial charge in [-0.25, -0.2) is 0 Å². The highest BCUT2D eigenvalue weighted by molar-refractivity contribution is 6.99. The first-order chi connectivity index (χ1) is 21.9. The van der Waals surface area contributed by atoms with E-state index in [4.69, 9.17) is 18.6 Å². The molecule has 7 heteroatoms. The molecular weight excluding hydrogens is 593 g/mol. The van der Waals surface area contributed by atoms with E-state index in [2.05, 4.69) is 88.4 Å². The van der Waals surface area contributed by atoms with Gasteiger partial charge in [0, 0.05) is 43.1 Å². The van der Waals surface area contributed by atoms with Gasteiger partial charge in [-0.3, -0.25) is 9.59 Å². The highest BCUT2D eigenvalue weighted by Gasteiger charge is 2.65. The lowest BCUT2D eigenvalue weighted by molar-refractivity contribution is -0.191. The van der Waals surface area contributed by atoms with E-state index in [9.17, 15) is 9.59 Å². The van der Waals surface area contributed by atoms with Crippen LogP contribution in [-0.2, 0) is 28.2 Å². The predicted octanol–water partition coefficient (Wildman–Crippen LogP) is 6.36. The van der Waals surface area contributed by atoms with E-state index < -0.39 is 14.1 Å². The van der Waals surface area contributed by atoms with Gasteiger partial charge in [0.15, 0.2) is 11.6 Å². The van der Waals surface area contributed by atoms with Crippen molar-refractivity contribution in [1.82, 2.24) is 0 Å². The molecule has 4 fully saturated rings. The van der Waals surface area contributed by atoms with E-state index in [0.29, 0.717) is 26.2 Å². The van der Waals surface area contributed by atoms with Crippen molar-refractivity contribution in [2.75, 3.05) is 19.8 Å². The lowest BCUT2D eigenvalue weighted by Gasteiger charge is -2.59. The molecule has 0 bridgehead atoms. The summed E-state index contributed by atoms with van der Waals surface area (Å²) in [6.45, 7) is 12.5. The number of carbonyl (C=O) groups is 2. The van der Waals surface area contributed by atoms with Crippen LogP contribution in [0.2, 0.25) is 5.04 Å². The molecule has 7 rings (SSSR count). The summed E-state index contributed by atoms with van der Waals surface area (Å²) in [7, 11) is -2.83. The van der Waals surface area contributed by atoms with Gasteiger partial charge in [-0.1, -0.05) is 93.9 Å². The lowest BCUT2D eigenvalue weighted by atomic mass is 9.47. The number of fused-ring (bicyclic) bond motifs is 5. The smallest absolute Gasteiger partial charge is 0.302 e. The number of ketones is 1. The van der Waals surface area contributed by atoms with Crippen molar-refractivity contribution in [2.24, 2.45) is 28.6 Å². The zero-order chi connectivity index (χ0) is 32.4. The minimum Gasteiger partial charge on any atom is -0.462 e. The normalized spacial score (nSPS) is 33.6. The molecule has 5 aliphatic rings. The lowest BCUT2D eigenvalue weighted by Crippen LogP contribution is -2.68. The maximum absolute atomic E-state index is 14.3. The molecule has 246 valence electrons. The minimum atomic E-state index is -2.83. The first-order valence-electron chi connectivity index (χ1n) is 17.4. The van der Waals surface area contributed by atoms with Crippen LogP contribution in [0.3, 0.4) is 0 Å². The summed E-state index contributed by atoms with van der Waals surface area (Å²) in [5.74, 6) is -0.403. The van der Waals surface area contributed by atoms with Crippen LogP contribution in [0, 0.1) is 28.6 Å². The van der Waals surface area contributed by atoms with Crippen molar-refractivity contribution in [3.8, 4) is 0 Å². The standard InChI is InChI=1S/C39H50O6Si/c1-27(40)45-34-17-16-31-35-32(18-19-37(31,34)5)38(20-21-39(42-22-23-43-39)25-28(38)24-33(35)41)26-44-46(36(2,3)4,29-12-8-6-9-13-29)30-14-10-7-11-15-30/h6-15,24,31-32,34-35H,16-23,25-26H2,1-5H3/t31-,32-,34-,35-,37-,38+/m0/s1. The summed E-state index contributed by atoms with van der Waals surface area (Å²) in [5, 5.41) is 2.39. The summed E-state index contributed by atoms with van der Waals surface area (Å²) in [5.41, 5.74) is 0.664. The van der Waals surface area contributed by atoms with Gasteiger partial charge in [0.2, 0.25) is 0 Å². The van der Waals surface area contributed by atoms with Crippen LogP contribution >= 0.6 is 0 Å². The molecule has 4 aliphatic carbocycles. The van der Waals surface area contributed by atoms with Crippen LogP contribution in [0.5, 0.6) is 0 Å². The number of hydrogen-bond acceptors (Lipinski definition) is 6. The first kappa shape index (κ1) is 32.0. The molecule has 0 unspecified atom stereocenters. The third-order valence-corrected chi connectivity index (χ3v) is 17.7. The van der Waals surface area contributed by atoms with Crippen molar-refractivity contribution in [3.63, 3.8) is 0 Å². The Hall–Kier alpha value is -2.58. The number of rotatable bonds is 6. The largest absolute Gasteiger partial charge is 0.462 e. The summed E-state index contributed by atoms with van der Waals surface area (Å²) in [6, 6.07) is 21.7. The van der Waals surface area contributed by atoms with Crippen LogP contribution in [0.25, 0.3) is 0 Å². The van der Waals surface area contributed by atoms with E-state index in [0.717, 1.165) is 44.1 Å². The molecule has 0 radical (unpaired) electrons. The molecule has 0 aromatic heterocycles. The maximum atomic E-state index is 14.3. The first-order valence-corrected chi connectivity index (χ1v) is 19.3. The van der Waals surface area contributed by atoms with Gasteiger partial charge in [0.25, 0.3) is 8.32 Å². The Morgan fingerprint density at radius 3 is 2.11 bits per heavy atom. The van der Waals surface area contributed by atoms with Crippen molar-refractivity contribution >= 4 is 30.4 Å². The van der Waals surface area contributed by atoms with Gasteiger partial charge < -0.3 is 18.6 Å². The molecular formula is C39H50O6Si. The molecule has 1 heterocycles. The molecule has 2 aromatic carbocycles. The Bertz CT molecular complexity index is 1450. The third-order valence-electron chi connectivity index (χ3n) is 12.7. The molecule has 46 heavy (non-hydrogen) atoms. The average molecular weight is 643 g/mol. The van der Waals surface area contributed by atoms with Gasteiger partial charge in [-0.2, -0.15) is 0 Å². The number of esters is 1. The SMILES string of the molecule is CC(=O)O[C@H]1CC[C@H]2[C@@H]3C(=O)C=C4CC5(CC[C@]4(CO[Si](c4ccccc4)(c4ccccc4)C(C)(C)C)[C@H]3CC[C@]12C)OCCO5. The fourth-order valence-electron chi connectivity index (χ4n) is 10.5. The Morgan fingerprint density at radius 2 is 1.52 bits per heavy atom. The third kappa shape index (κ3) is 4.91. The highest BCUT2D eigenvalue weighted by atomic mass is 28.4. The van der Waals surface area contributed by atoms with Crippen LogP contribution in [0.15, 0.2) is 72.3 Å². The Balaban J connectivity index is 1.33. The Kier molecular flexibility index (Phi) is 8.02. The van der Waals surface area contributed by atoms with Crippen molar-refractivity contribution < 1.29 is 28.2 Å². The summed E-state index contributed by atoms with van der Waals surface area (Å²) < 4.78 is 26.2. The van der Waals surface area contributed by atoms with Gasteiger partial charge in [0.1, 0.15) is 6.10 Å². The number of hydrogen-bond donors (Lipinski definition) is 0. The van der Waals surface area contributed by atoms with E-state index in [1.165, 1.54) is 17.3 Å². The fraction of sp³-hybridized carbons (Fsp3) is 0.590. The van der Waals surface area contributed by atoms with Crippen molar-refractivity contribution in [1.29, 1.82) is 0 Å². The molecule has 6 atom stereocenters. The van der Waals surface area contributed by atoms with Gasteiger partial charge >= 0.3 is 5.97 Å². The summed E-state index contributed by atoms with van der Waals surface area (Å²) in [6.07, 6.45) is 7.71. The number of ether oxygens (including phenoxy) is 3. The van der Waals surface area contributed by atoms with Crippen molar-refractivity contribution in [2.45, 2.75) is 96.5 Å². The van der Waals surface area contributed by atoms with Gasteiger partial charge in [-0.15, -0.1) is 0 Å². The molecule has 3 saturated carbocycles. The maximum Gasteiger partial charge on any atom is 0.302 e. The number of carbonyl (C=O) groups excluding carboxylic acids is 2. The van der Waals surface area contributed by atoms with Crippen molar-refractivity contribution in [3.05, 3.63) is 72.3 Å². The minimum absolute atomic E-state index is 0.106. The van der Waals surface area contributed by atoms with Crippen LogP contribution in [0.1, 0.15) is 79.6 Å². The summed E-state index contributed by atoms with van der Waals surface area (Å²) in [4.78, 5) is 26.4. The Morgan fingerprint density at radius 1 is 0.891 bits per heavy atom. The average Bonchev–Trinajstić information content (AvgIpc) is 3.62. The Labute approximate surface area is 275 Å². The van der Waals surface area contributed by atoms with Gasteiger partial charge in [-0.05, 0) is 65.4 Å². The van der Waals surface area contributed by atoms with E-state index in [-0.39, 0.29) is 51.5 Å². The predicted molar refractivity (Wildman–Crippen MR) is 180 cm³/mol. The van der Waals surface area contributed by atoms with Crippen LogP contribution in [0.4, 0.5) is 0 Å². The molecule has 2 aromatic rings. The van der Waals surface area contributed by atoms with E-state index >= 15 is 0 Å². The zero-order valence-electron chi connectivity index (χ0n) is 28.2. The quantitative estimate of drug-likeness (QED) is 0.270. The fourth-order valence-corrected chi connectivity index (χ4v) is 15.2. The topological polar surface area (TPSA) is 71.1 Å². The number of allylic oxidation sites excluding steroid dienone is 1. The van der Waals surface area contributed by atoms with E-state index in [1.54, 1.807) is 0 Å². The molecule has 1 aliphatic heterocycles. The monoisotopic (exact) mass is 642 g/mol. The molecule has 0 amide bonds. The second-order valence-corrected chi connectivity index (χ2v) is 20.2.